The number of nitrogens with one attached hydrogen (secondary N) is 1. The van der Waals surface area contributed by atoms with Crippen molar-refractivity contribution < 1.29 is 24.2 Å². The van der Waals surface area contributed by atoms with Gasteiger partial charge in [-0.25, -0.2) is 0 Å². The fourth-order valence-corrected chi connectivity index (χ4v) is 3.15. The molecular formula is C22H24N2O5. The summed E-state index contributed by atoms with van der Waals surface area (Å²) in [5.41, 5.74) is 2.00. The molecule has 0 spiro atoms. The Morgan fingerprint density at radius 3 is 2.59 bits per heavy atom. The highest BCUT2D eigenvalue weighted by atomic mass is 16.5. The number of ketones is 1. The molecule has 152 valence electrons. The number of Topliss-reactive ketones (excluding diaryl/α,β-unsaturated/α-hetero) is 1. The van der Waals surface area contributed by atoms with Gasteiger partial charge in [-0.05, 0) is 49.2 Å². The van der Waals surface area contributed by atoms with E-state index in [2.05, 4.69) is 5.32 Å². The number of rotatable bonds is 7. The van der Waals surface area contributed by atoms with Crippen molar-refractivity contribution in [3.8, 4) is 11.5 Å². The number of carbonyl (C=O) groups is 3. The molecular weight excluding hydrogens is 372 g/mol. The van der Waals surface area contributed by atoms with Gasteiger partial charge in [-0.1, -0.05) is 12.1 Å². The van der Waals surface area contributed by atoms with Gasteiger partial charge < -0.3 is 20.1 Å². The van der Waals surface area contributed by atoms with Crippen LogP contribution in [-0.2, 0) is 16.0 Å². The van der Waals surface area contributed by atoms with E-state index in [0.29, 0.717) is 30.0 Å². The molecule has 0 aromatic heterocycles. The van der Waals surface area contributed by atoms with Gasteiger partial charge in [-0.15, -0.1) is 0 Å². The van der Waals surface area contributed by atoms with Gasteiger partial charge in [0.1, 0.15) is 11.5 Å². The van der Waals surface area contributed by atoms with E-state index in [0.717, 1.165) is 5.56 Å². The zero-order valence-corrected chi connectivity index (χ0v) is 16.5. The Labute approximate surface area is 169 Å². The van der Waals surface area contributed by atoms with E-state index in [1.165, 1.54) is 4.90 Å². The average Bonchev–Trinajstić information content (AvgIpc) is 2.71. The number of likely N-dealkylation sites (N-methyl/N-ethyl adjacent to an activating group) is 1. The second kappa shape index (κ2) is 8.77. The second-order valence-electron chi connectivity index (χ2n) is 7.03. The van der Waals surface area contributed by atoms with Gasteiger partial charge in [0.25, 0.3) is 5.91 Å². The first kappa shape index (κ1) is 20.4. The minimum atomic E-state index is -0.556. The molecule has 0 bridgehead atoms. The average molecular weight is 396 g/mol. The van der Waals surface area contributed by atoms with E-state index < -0.39 is 6.10 Å². The maximum absolute atomic E-state index is 12.5. The first-order chi connectivity index (χ1) is 13.8. The maximum Gasteiger partial charge on any atom is 0.267 e. The largest absolute Gasteiger partial charge is 0.508 e. The number of fused-ring (bicyclic) bond motifs is 1. The Balaban J connectivity index is 1.49. The Morgan fingerprint density at radius 1 is 1.14 bits per heavy atom. The lowest BCUT2D eigenvalue weighted by Crippen LogP contribution is -2.42. The van der Waals surface area contributed by atoms with E-state index in [1.54, 1.807) is 56.4 Å². The monoisotopic (exact) mass is 396 g/mol. The minimum absolute atomic E-state index is 0.0821. The summed E-state index contributed by atoms with van der Waals surface area (Å²) < 4.78 is 5.55. The van der Waals surface area contributed by atoms with Crippen LogP contribution in [-0.4, -0.2) is 42.4 Å². The number of aromatic hydroxyl groups is 1. The van der Waals surface area contributed by atoms with E-state index in [4.69, 9.17) is 4.74 Å². The Morgan fingerprint density at radius 2 is 1.86 bits per heavy atom. The molecule has 2 amide bonds. The Bertz CT molecular complexity index is 923. The molecule has 1 heterocycles. The predicted octanol–water partition coefficient (Wildman–Crippen LogP) is 2.46. The molecule has 1 aliphatic rings. The Hall–Kier alpha value is -3.35. The van der Waals surface area contributed by atoms with E-state index in [9.17, 15) is 19.5 Å². The zero-order valence-electron chi connectivity index (χ0n) is 16.5. The number of phenolic OH excluding ortho intramolecular Hbond substituents is 1. The molecule has 2 aromatic carbocycles. The second-order valence-corrected chi connectivity index (χ2v) is 7.03. The van der Waals surface area contributed by atoms with Crippen molar-refractivity contribution in [1.82, 2.24) is 5.32 Å². The minimum Gasteiger partial charge on any atom is -0.508 e. The number of nitrogens with zero attached hydrogens (tertiary/aromatic N) is 1. The molecule has 2 aromatic rings. The predicted molar refractivity (Wildman–Crippen MR) is 108 cm³/mol. The third-order valence-corrected chi connectivity index (χ3v) is 4.88. The van der Waals surface area contributed by atoms with Gasteiger partial charge in [0, 0.05) is 32.0 Å². The molecule has 0 saturated carbocycles. The standard InChI is InChI=1S/C22H24N2O5/c1-14-22(28)24(2)18-13-16(5-9-20(18)29-14)19(26)8-10-21(27)23-12-11-15-3-6-17(25)7-4-15/h3-7,9,13-14,25H,8,10-12H2,1-2H3,(H,23,27). The van der Waals surface area contributed by atoms with Gasteiger partial charge >= 0.3 is 0 Å². The number of benzene rings is 2. The number of hydrogen-bond donors (Lipinski definition) is 2. The van der Waals surface area contributed by atoms with Crippen molar-refractivity contribution in [2.45, 2.75) is 32.3 Å². The van der Waals surface area contributed by atoms with Crippen LogP contribution in [0.1, 0.15) is 35.7 Å². The zero-order chi connectivity index (χ0) is 21.0. The summed E-state index contributed by atoms with van der Waals surface area (Å²) in [6, 6.07) is 11.8. The molecule has 2 N–H and O–H groups in total. The van der Waals surface area contributed by atoms with Crippen LogP contribution in [0, 0.1) is 0 Å². The normalized spacial score (nSPS) is 15.4. The van der Waals surface area contributed by atoms with Crippen molar-refractivity contribution in [3.05, 3.63) is 53.6 Å². The van der Waals surface area contributed by atoms with Crippen LogP contribution < -0.4 is 15.0 Å². The maximum atomic E-state index is 12.5. The summed E-state index contributed by atoms with van der Waals surface area (Å²) in [6.45, 7) is 2.14. The van der Waals surface area contributed by atoms with Gasteiger partial charge in [0.05, 0.1) is 5.69 Å². The fraction of sp³-hybridized carbons (Fsp3) is 0.318. The number of carbonyl (C=O) groups excluding carboxylic acids is 3. The van der Waals surface area contributed by atoms with Crippen molar-refractivity contribution in [2.24, 2.45) is 0 Å². The molecule has 0 radical (unpaired) electrons. The first-order valence-electron chi connectivity index (χ1n) is 9.51. The third-order valence-electron chi connectivity index (χ3n) is 4.88. The van der Waals surface area contributed by atoms with Crippen LogP contribution in [0.5, 0.6) is 11.5 Å². The molecule has 1 atom stereocenters. The summed E-state index contributed by atoms with van der Waals surface area (Å²) >= 11 is 0. The number of amides is 2. The molecule has 29 heavy (non-hydrogen) atoms. The Kier molecular flexibility index (Phi) is 6.16. The lowest BCUT2D eigenvalue weighted by molar-refractivity contribution is -0.125. The lowest BCUT2D eigenvalue weighted by atomic mass is 10.0. The van der Waals surface area contributed by atoms with Crippen LogP contribution in [0.2, 0.25) is 0 Å². The lowest BCUT2D eigenvalue weighted by Gasteiger charge is -2.30. The van der Waals surface area contributed by atoms with Crippen molar-refractivity contribution in [2.75, 3.05) is 18.5 Å². The number of ether oxygens (including phenoxy) is 1. The molecule has 7 heteroatoms. The van der Waals surface area contributed by atoms with Crippen LogP contribution in [0.15, 0.2) is 42.5 Å². The van der Waals surface area contributed by atoms with Gasteiger partial charge in [-0.3, -0.25) is 14.4 Å². The topological polar surface area (TPSA) is 95.9 Å². The molecule has 3 rings (SSSR count). The number of phenols is 1. The van der Waals surface area contributed by atoms with E-state index in [-0.39, 0.29) is 36.2 Å². The van der Waals surface area contributed by atoms with Gasteiger partial charge in [-0.2, -0.15) is 0 Å². The molecule has 0 saturated heterocycles. The summed E-state index contributed by atoms with van der Waals surface area (Å²) in [6.07, 6.45) is 0.259. The summed E-state index contributed by atoms with van der Waals surface area (Å²) in [5, 5.41) is 12.1. The van der Waals surface area contributed by atoms with Crippen LogP contribution in [0.3, 0.4) is 0 Å². The summed E-state index contributed by atoms with van der Waals surface area (Å²) in [4.78, 5) is 38.0. The van der Waals surface area contributed by atoms with Crippen molar-refractivity contribution >= 4 is 23.3 Å². The first-order valence-corrected chi connectivity index (χ1v) is 9.51. The SMILES string of the molecule is CC1Oc2ccc(C(=O)CCC(=O)NCCc3ccc(O)cc3)cc2N(C)C1=O. The summed E-state index contributed by atoms with van der Waals surface area (Å²) in [5.74, 6) is 0.230. The number of anilines is 1. The van der Waals surface area contributed by atoms with Crippen LogP contribution in [0.25, 0.3) is 0 Å². The van der Waals surface area contributed by atoms with Crippen LogP contribution >= 0.6 is 0 Å². The fourth-order valence-electron chi connectivity index (χ4n) is 3.15. The number of hydrogen-bond acceptors (Lipinski definition) is 5. The molecule has 1 unspecified atom stereocenters. The quantitative estimate of drug-likeness (QED) is 0.701. The highest BCUT2D eigenvalue weighted by Crippen LogP contribution is 2.34. The highest BCUT2D eigenvalue weighted by Gasteiger charge is 2.29. The van der Waals surface area contributed by atoms with Crippen molar-refractivity contribution in [3.63, 3.8) is 0 Å². The van der Waals surface area contributed by atoms with Crippen molar-refractivity contribution in [1.29, 1.82) is 0 Å². The highest BCUT2D eigenvalue weighted by molar-refractivity contribution is 6.03. The summed E-state index contributed by atoms with van der Waals surface area (Å²) in [7, 11) is 1.65. The molecule has 0 fully saturated rings. The van der Waals surface area contributed by atoms with Gasteiger partial charge in [0.15, 0.2) is 11.9 Å². The molecule has 0 aliphatic carbocycles. The van der Waals surface area contributed by atoms with Crippen LogP contribution in [0.4, 0.5) is 5.69 Å². The molecule has 7 nitrogen and oxygen atoms in total. The van der Waals surface area contributed by atoms with E-state index >= 15 is 0 Å². The molecule has 1 aliphatic heterocycles. The van der Waals surface area contributed by atoms with E-state index in [1.807, 2.05) is 0 Å². The third kappa shape index (κ3) is 4.93. The smallest absolute Gasteiger partial charge is 0.267 e. The van der Waals surface area contributed by atoms with Gasteiger partial charge in [0.2, 0.25) is 5.91 Å².